The molecule has 4 heteroatoms. The first-order valence-electron chi connectivity index (χ1n) is 12.9. The molecule has 2 heterocycles. The van der Waals surface area contributed by atoms with E-state index in [1.165, 1.54) is 38.5 Å². The van der Waals surface area contributed by atoms with E-state index in [1.807, 2.05) is 24.3 Å². The monoisotopic (exact) mass is 491 g/mol. The Morgan fingerprint density at radius 3 is 1.87 bits per heavy atom. The van der Waals surface area contributed by atoms with Crippen LogP contribution in [0, 0.1) is 0 Å². The zero-order chi connectivity index (χ0) is 25.5. The molecule has 0 spiro atoms. The molecule has 0 saturated carbocycles. The molecule has 0 fully saturated rings. The third-order valence-electron chi connectivity index (χ3n) is 7.19. The Bertz CT molecular complexity index is 1880. The van der Waals surface area contributed by atoms with Crippen LogP contribution in [0.25, 0.3) is 61.5 Å². The second kappa shape index (κ2) is 9.16. The van der Waals surface area contributed by atoms with Gasteiger partial charge in [-0.2, -0.15) is 0 Å². The highest BCUT2D eigenvalue weighted by atomic mass is 16.4. The standard InChI is InChI=1S/C34H25N3O/c1-2-23-12-14-25(15-13-23)33-35-36-34(38-33)26-16-19-28(20-17-26)37-31-11-7-6-10-29(31)30-22-27(18-21-32(30)37)24-8-4-3-5-9-24/h3-22H,2H2,1H3. The fourth-order valence-corrected chi connectivity index (χ4v) is 5.15. The Kier molecular flexibility index (Phi) is 5.37. The van der Waals surface area contributed by atoms with Crippen molar-refractivity contribution in [3.05, 3.63) is 127 Å². The van der Waals surface area contributed by atoms with Crippen LogP contribution in [0.2, 0.25) is 0 Å². The van der Waals surface area contributed by atoms with E-state index in [9.17, 15) is 0 Å². The van der Waals surface area contributed by atoms with Crippen LogP contribution in [0.15, 0.2) is 126 Å². The number of hydrogen-bond donors (Lipinski definition) is 0. The first kappa shape index (κ1) is 22.3. The van der Waals surface area contributed by atoms with Gasteiger partial charge in [0.05, 0.1) is 11.0 Å². The Labute approximate surface area is 220 Å². The minimum atomic E-state index is 0.515. The zero-order valence-corrected chi connectivity index (χ0v) is 21.0. The first-order chi connectivity index (χ1) is 18.8. The quantitative estimate of drug-likeness (QED) is 0.242. The van der Waals surface area contributed by atoms with Crippen LogP contribution >= 0.6 is 0 Å². The van der Waals surface area contributed by atoms with Crippen molar-refractivity contribution < 1.29 is 4.42 Å². The minimum Gasteiger partial charge on any atom is -0.416 e. The summed E-state index contributed by atoms with van der Waals surface area (Å²) < 4.78 is 8.34. The summed E-state index contributed by atoms with van der Waals surface area (Å²) in [5.74, 6) is 1.05. The molecule has 0 atom stereocenters. The summed E-state index contributed by atoms with van der Waals surface area (Å²) >= 11 is 0. The van der Waals surface area contributed by atoms with Crippen LogP contribution in [-0.2, 0) is 6.42 Å². The SMILES string of the molecule is CCc1ccc(-c2nnc(-c3ccc(-n4c5ccccc5c5cc(-c6ccccc6)ccc54)cc3)o2)cc1. The van der Waals surface area contributed by atoms with Gasteiger partial charge in [-0.3, -0.25) is 0 Å². The third-order valence-corrected chi connectivity index (χ3v) is 7.19. The maximum absolute atomic E-state index is 6.03. The van der Waals surface area contributed by atoms with Crippen molar-refractivity contribution in [2.24, 2.45) is 0 Å². The Hall–Kier alpha value is -4.96. The van der Waals surface area contributed by atoms with E-state index in [0.29, 0.717) is 11.8 Å². The normalized spacial score (nSPS) is 11.4. The van der Waals surface area contributed by atoms with Crippen molar-refractivity contribution in [2.75, 3.05) is 0 Å². The molecule has 0 saturated heterocycles. The Morgan fingerprint density at radius 2 is 1.16 bits per heavy atom. The van der Waals surface area contributed by atoms with Crippen LogP contribution in [0.5, 0.6) is 0 Å². The van der Waals surface area contributed by atoms with Gasteiger partial charge in [0.1, 0.15) is 0 Å². The van der Waals surface area contributed by atoms with Gasteiger partial charge in [0, 0.05) is 27.6 Å². The summed E-state index contributed by atoms with van der Waals surface area (Å²) in [6.45, 7) is 2.14. The molecular weight excluding hydrogens is 466 g/mol. The van der Waals surface area contributed by atoms with Crippen molar-refractivity contribution in [1.29, 1.82) is 0 Å². The van der Waals surface area contributed by atoms with E-state index in [1.54, 1.807) is 0 Å². The highest BCUT2D eigenvalue weighted by molar-refractivity contribution is 6.10. The summed E-state index contributed by atoms with van der Waals surface area (Å²) in [6.07, 6.45) is 1.00. The molecule has 182 valence electrons. The lowest BCUT2D eigenvalue weighted by Gasteiger charge is -2.09. The maximum Gasteiger partial charge on any atom is 0.248 e. The molecule has 0 aliphatic carbocycles. The van der Waals surface area contributed by atoms with Crippen LogP contribution < -0.4 is 0 Å². The molecular formula is C34H25N3O. The number of para-hydroxylation sites is 1. The molecule has 2 aromatic heterocycles. The van der Waals surface area contributed by atoms with Crippen LogP contribution in [0.3, 0.4) is 0 Å². The van der Waals surface area contributed by atoms with E-state index in [0.717, 1.165) is 23.2 Å². The van der Waals surface area contributed by atoms with E-state index < -0.39 is 0 Å². The molecule has 0 aliphatic rings. The molecule has 0 unspecified atom stereocenters. The number of fused-ring (bicyclic) bond motifs is 3. The topological polar surface area (TPSA) is 43.9 Å². The summed E-state index contributed by atoms with van der Waals surface area (Å²) in [7, 11) is 0. The highest BCUT2D eigenvalue weighted by Gasteiger charge is 2.15. The molecule has 0 bridgehead atoms. The molecule has 0 aliphatic heterocycles. The van der Waals surface area contributed by atoms with Gasteiger partial charge in [-0.05, 0) is 77.7 Å². The number of rotatable bonds is 5. The van der Waals surface area contributed by atoms with Gasteiger partial charge in [-0.15, -0.1) is 10.2 Å². The fraction of sp³-hybridized carbons (Fsp3) is 0.0588. The Balaban J connectivity index is 1.27. The van der Waals surface area contributed by atoms with Gasteiger partial charge in [0.25, 0.3) is 0 Å². The van der Waals surface area contributed by atoms with Gasteiger partial charge < -0.3 is 8.98 Å². The van der Waals surface area contributed by atoms with Crippen molar-refractivity contribution >= 4 is 21.8 Å². The van der Waals surface area contributed by atoms with Crippen molar-refractivity contribution in [3.8, 4) is 39.7 Å². The molecule has 0 radical (unpaired) electrons. The van der Waals surface area contributed by atoms with Crippen molar-refractivity contribution in [3.63, 3.8) is 0 Å². The van der Waals surface area contributed by atoms with E-state index >= 15 is 0 Å². The number of nitrogens with zero attached hydrogens (tertiary/aromatic N) is 3. The second-order valence-corrected chi connectivity index (χ2v) is 9.46. The number of benzene rings is 5. The number of aryl methyl sites for hydroxylation is 1. The summed E-state index contributed by atoms with van der Waals surface area (Å²) in [5.41, 5.74) is 8.98. The van der Waals surface area contributed by atoms with Crippen LogP contribution in [0.4, 0.5) is 0 Å². The fourth-order valence-electron chi connectivity index (χ4n) is 5.15. The lowest BCUT2D eigenvalue weighted by atomic mass is 10.0. The number of aromatic nitrogens is 3. The molecule has 5 aromatic carbocycles. The summed E-state index contributed by atoms with van der Waals surface area (Å²) in [4.78, 5) is 0. The molecule has 7 rings (SSSR count). The van der Waals surface area contributed by atoms with Gasteiger partial charge in [0.15, 0.2) is 0 Å². The molecule has 38 heavy (non-hydrogen) atoms. The lowest BCUT2D eigenvalue weighted by Crippen LogP contribution is -1.93. The van der Waals surface area contributed by atoms with Crippen LogP contribution in [0.1, 0.15) is 12.5 Å². The first-order valence-corrected chi connectivity index (χ1v) is 12.9. The smallest absolute Gasteiger partial charge is 0.248 e. The predicted octanol–water partition coefficient (Wildman–Crippen LogP) is 8.73. The van der Waals surface area contributed by atoms with Crippen molar-refractivity contribution in [2.45, 2.75) is 13.3 Å². The summed E-state index contributed by atoms with van der Waals surface area (Å²) in [5, 5.41) is 11.1. The third kappa shape index (κ3) is 3.78. The van der Waals surface area contributed by atoms with Crippen molar-refractivity contribution in [1.82, 2.24) is 14.8 Å². The zero-order valence-electron chi connectivity index (χ0n) is 21.0. The minimum absolute atomic E-state index is 0.515. The van der Waals surface area contributed by atoms with E-state index in [2.05, 4.69) is 119 Å². The van der Waals surface area contributed by atoms with Crippen LogP contribution in [-0.4, -0.2) is 14.8 Å². The average Bonchev–Trinajstić information content (AvgIpc) is 3.61. The maximum atomic E-state index is 6.03. The van der Waals surface area contributed by atoms with Gasteiger partial charge in [-0.25, -0.2) is 0 Å². The van der Waals surface area contributed by atoms with E-state index in [-0.39, 0.29) is 0 Å². The Morgan fingerprint density at radius 1 is 0.553 bits per heavy atom. The highest BCUT2D eigenvalue weighted by Crippen LogP contribution is 2.35. The van der Waals surface area contributed by atoms with Gasteiger partial charge in [-0.1, -0.05) is 73.7 Å². The molecule has 0 N–H and O–H groups in total. The predicted molar refractivity (Wildman–Crippen MR) is 154 cm³/mol. The average molecular weight is 492 g/mol. The lowest BCUT2D eigenvalue weighted by molar-refractivity contribution is 0.584. The molecule has 0 amide bonds. The molecule has 7 aromatic rings. The number of hydrogen-bond acceptors (Lipinski definition) is 3. The largest absolute Gasteiger partial charge is 0.416 e. The van der Waals surface area contributed by atoms with Gasteiger partial charge >= 0.3 is 0 Å². The van der Waals surface area contributed by atoms with Gasteiger partial charge in [0.2, 0.25) is 11.8 Å². The van der Waals surface area contributed by atoms with E-state index in [4.69, 9.17) is 4.42 Å². The molecule has 4 nitrogen and oxygen atoms in total. The second-order valence-electron chi connectivity index (χ2n) is 9.46. The summed E-state index contributed by atoms with van der Waals surface area (Å²) in [6, 6.07) is 42.4.